The Morgan fingerprint density at radius 1 is 1.37 bits per heavy atom. The Morgan fingerprint density at radius 3 is 2.63 bits per heavy atom. The van der Waals surface area contributed by atoms with Gasteiger partial charge >= 0.3 is 0 Å². The summed E-state index contributed by atoms with van der Waals surface area (Å²) >= 11 is 0. The Balaban J connectivity index is 2.71. The van der Waals surface area contributed by atoms with Gasteiger partial charge in [0.1, 0.15) is 0 Å². The van der Waals surface area contributed by atoms with Crippen molar-refractivity contribution in [2.75, 3.05) is 11.9 Å². The van der Waals surface area contributed by atoms with Crippen LogP contribution in [0.4, 0.5) is 5.69 Å². The molecule has 0 aromatic carbocycles. The van der Waals surface area contributed by atoms with E-state index in [9.17, 15) is 0 Å². The van der Waals surface area contributed by atoms with Crippen molar-refractivity contribution in [2.24, 2.45) is 0 Å². The Kier molecular flexibility index (Phi) is 5.80. The minimum atomic E-state index is 0.124. The predicted molar refractivity (Wildman–Crippen MR) is 83.6 cm³/mol. The molecule has 1 atom stereocenters. The molecule has 0 aliphatic rings. The molecule has 1 aromatic rings. The van der Waals surface area contributed by atoms with E-state index in [0.717, 1.165) is 12.2 Å². The van der Waals surface area contributed by atoms with Crippen LogP contribution >= 0.6 is 0 Å². The summed E-state index contributed by atoms with van der Waals surface area (Å²) in [6.45, 7) is 11.8. The average molecular weight is 263 g/mol. The highest BCUT2D eigenvalue weighted by atomic mass is 15.1. The van der Waals surface area contributed by atoms with Crippen LogP contribution in [0.15, 0.2) is 18.3 Å². The molecule has 1 unspecified atom stereocenters. The lowest BCUT2D eigenvalue weighted by Crippen LogP contribution is -2.35. The maximum atomic E-state index is 4.44. The van der Waals surface area contributed by atoms with Crippen LogP contribution in [-0.2, 0) is 6.54 Å². The number of hydrogen-bond donors (Lipinski definition) is 1. The van der Waals surface area contributed by atoms with Crippen LogP contribution in [0.1, 0.15) is 53.2 Å². The highest BCUT2D eigenvalue weighted by Gasteiger charge is 2.12. The lowest BCUT2D eigenvalue weighted by Gasteiger charge is -2.27. The van der Waals surface area contributed by atoms with Gasteiger partial charge in [0.05, 0.1) is 5.69 Å². The van der Waals surface area contributed by atoms with Gasteiger partial charge in [0.2, 0.25) is 0 Å². The SMILES string of the molecule is CCCC(C)N(C)c1ccnc(CNC(C)(C)C)c1. The maximum Gasteiger partial charge on any atom is 0.0562 e. The zero-order valence-electron chi connectivity index (χ0n) is 13.3. The third kappa shape index (κ3) is 5.60. The fraction of sp³-hybridized carbons (Fsp3) is 0.688. The van der Waals surface area contributed by atoms with Crippen LogP contribution < -0.4 is 10.2 Å². The van der Waals surface area contributed by atoms with Crippen LogP contribution in [0.2, 0.25) is 0 Å². The number of pyridine rings is 1. The number of nitrogens with one attached hydrogen (secondary N) is 1. The van der Waals surface area contributed by atoms with Gasteiger partial charge in [-0.3, -0.25) is 4.98 Å². The molecule has 19 heavy (non-hydrogen) atoms. The van der Waals surface area contributed by atoms with E-state index in [1.165, 1.54) is 18.5 Å². The zero-order valence-corrected chi connectivity index (χ0v) is 13.3. The molecule has 3 nitrogen and oxygen atoms in total. The monoisotopic (exact) mass is 263 g/mol. The first-order valence-corrected chi connectivity index (χ1v) is 7.26. The highest BCUT2D eigenvalue weighted by Crippen LogP contribution is 2.18. The normalized spacial score (nSPS) is 13.4. The van der Waals surface area contributed by atoms with E-state index in [-0.39, 0.29) is 5.54 Å². The second-order valence-corrected chi connectivity index (χ2v) is 6.36. The minimum Gasteiger partial charge on any atom is -0.372 e. The van der Waals surface area contributed by atoms with E-state index < -0.39 is 0 Å². The maximum absolute atomic E-state index is 4.44. The number of hydrogen-bond acceptors (Lipinski definition) is 3. The van der Waals surface area contributed by atoms with E-state index in [4.69, 9.17) is 0 Å². The largest absolute Gasteiger partial charge is 0.372 e. The van der Waals surface area contributed by atoms with Gasteiger partial charge in [-0.1, -0.05) is 13.3 Å². The first-order valence-electron chi connectivity index (χ1n) is 7.26. The lowest BCUT2D eigenvalue weighted by molar-refractivity contribution is 0.421. The van der Waals surface area contributed by atoms with Gasteiger partial charge in [0, 0.05) is 37.1 Å². The number of anilines is 1. The molecule has 0 saturated carbocycles. The van der Waals surface area contributed by atoms with E-state index in [1.807, 2.05) is 6.20 Å². The quantitative estimate of drug-likeness (QED) is 0.850. The van der Waals surface area contributed by atoms with Gasteiger partial charge in [0.25, 0.3) is 0 Å². The summed E-state index contributed by atoms with van der Waals surface area (Å²) in [5.41, 5.74) is 2.48. The fourth-order valence-electron chi connectivity index (χ4n) is 2.00. The van der Waals surface area contributed by atoms with E-state index in [0.29, 0.717) is 6.04 Å². The summed E-state index contributed by atoms with van der Waals surface area (Å²) in [7, 11) is 2.16. The molecule has 108 valence electrons. The summed E-state index contributed by atoms with van der Waals surface area (Å²) < 4.78 is 0. The first kappa shape index (κ1) is 16.0. The molecule has 1 N–H and O–H groups in total. The zero-order chi connectivity index (χ0) is 14.5. The lowest BCUT2D eigenvalue weighted by atomic mass is 10.1. The Labute approximate surface area is 118 Å². The molecular weight excluding hydrogens is 234 g/mol. The fourth-order valence-corrected chi connectivity index (χ4v) is 2.00. The molecule has 1 aromatic heterocycles. The summed E-state index contributed by atoms with van der Waals surface area (Å²) in [5.74, 6) is 0. The van der Waals surface area contributed by atoms with Crippen molar-refractivity contribution in [1.82, 2.24) is 10.3 Å². The third-order valence-electron chi connectivity index (χ3n) is 3.37. The molecule has 0 bridgehead atoms. The van der Waals surface area contributed by atoms with Crippen LogP contribution in [-0.4, -0.2) is 23.6 Å². The van der Waals surface area contributed by atoms with Crippen molar-refractivity contribution in [3.8, 4) is 0 Å². The molecule has 0 fully saturated rings. The van der Waals surface area contributed by atoms with Crippen molar-refractivity contribution in [1.29, 1.82) is 0 Å². The van der Waals surface area contributed by atoms with Crippen molar-refractivity contribution in [3.63, 3.8) is 0 Å². The Bertz CT molecular complexity index is 382. The second-order valence-electron chi connectivity index (χ2n) is 6.36. The molecule has 3 heteroatoms. The van der Waals surface area contributed by atoms with Crippen molar-refractivity contribution in [2.45, 2.75) is 65.6 Å². The van der Waals surface area contributed by atoms with Crippen LogP contribution in [0, 0.1) is 0 Å². The molecule has 1 rings (SSSR count). The van der Waals surface area contributed by atoms with Crippen LogP contribution in [0.3, 0.4) is 0 Å². The van der Waals surface area contributed by atoms with E-state index in [2.05, 4.69) is 69.0 Å². The topological polar surface area (TPSA) is 28.2 Å². The molecular formula is C16H29N3. The van der Waals surface area contributed by atoms with Crippen molar-refractivity contribution >= 4 is 5.69 Å². The molecule has 0 radical (unpaired) electrons. The number of aromatic nitrogens is 1. The van der Waals surface area contributed by atoms with Crippen molar-refractivity contribution < 1.29 is 0 Å². The molecule has 0 aliphatic heterocycles. The second kappa shape index (κ2) is 6.90. The Morgan fingerprint density at radius 2 is 2.05 bits per heavy atom. The molecule has 0 saturated heterocycles. The first-order chi connectivity index (χ1) is 8.83. The summed E-state index contributed by atoms with van der Waals surface area (Å²) in [4.78, 5) is 6.78. The summed E-state index contributed by atoms with van der Waals surface area (Å²) in [5, 5.41) is 3.48. The van der Waals surface area contributed by atoms with Gasteiger partial charge in [0.15, 0.2) is 0 Å². The number of nitrogens with zero attached hydrogens (tertiary/aromatic N) is 2. The number of rotatable bonds is 6. The smallest absolute Gasteiger partial charge is 0.0562 e. The molecule has 1 heterocycles. The summed E-state index contributed by atoms with van der Waals surface area (Å²) in [6.07, 6.45) is 4.34. The average Bonchev–Trinajstić information content (AvgIpc) is 2.35. The van der Waals surface area contributed by atoms with Crippen molar-refractivity contribution in [3.05, 3.63) is 24.0 Å². The Hall–Kier alpha value is -1.09. The predicted octanol–water partition coefficient (Wildman–Crippen LogP) is 3.59. The standard InChI is InChI=1S/C16H29N3/c1-7-8-13(2)19(6)15-9-10-17-14(11-15)12-18-16(3,4)5/h9-11,13,18H,7-8,12H2,1-6H3. The van der Waals surface area contributed by atoms with Gasteiger partial charge in [-0.25, -0.2) is 0 Å². The van der Waals surface area contributed by atoms with Gasteiger partial charge < -0.3 is 10.2 Å². The molecule has 0 amide bonds. The minimum absolute atomic E-state index is 0.124. The van der Waals surface area contributed by atoms with E-state index in [1.54, 1.807) is 0 Å². The van der Waals surface area contributed by atoms with Crippen LogP contribution in [0.5, 0.6) is 0 Å². The van der Waals surface area contributed by atoms with Gasteiger partial charge in [-0.05, 0) is 46.2 Å². The van der Waals surface area contributed by atoms with E-state index >= 15 is 0 Å². The van der Waals surface area contributed by atoms with Crippen LogP contribution in [0.25, 0.3) is 0 Å². The third-order valence-corrected chi connectivity index (χ3v) is 3.37. The molecule has 0 aliphatic carbocycles. The summed E-state index contributed by atoms with van der Waals surface area (Å²) in [6, 6.07) is 4.84. The van der Waals surface area contributed by atoms with Gasteiger partial charge in [-0.2, -0.15) is 0 Å². The molecule has 0 spiro atoms. The van der Waals surface area contributed by atoms with Gasteiger partial charge in [-0.15, -0.1) is 0 Å². The highest BCUT2D eigenvalue weighted by molar-refractivity contribution is 5.46.